The lowest BCUT2D eigenvalue weighted by atomic mass is 10.3. The predicted molar refractivity (Wildman–Crippen MR) is 85.2 cm³/mol. The molecule has 0 atom stereocenters. The number of aryl methyl sites for hydroxylation is 1. The summed E-state index contributed by atoms with van der Waals surface area (Å²) in [5, 5.41) is 4.02. The van der Waals surface area contributed by atoms with E-state index >= 15 is 0 Å². The largest absolute Gasteiger partial charge is 0.476 e. The van der Waals surface area contributed by atoms with Crippen LogP contribution in [0.3, 0.4) is 0 Å². The summed E-state index contributed by atoms with van der Waals surface area (Å²) in [6.07, 6.45) is 5.22. The van der Waals surface area contributed by atoms with Gasteiger partial charge in [0.05, 0.1) is 17.8 Å². The lowest BCUT2D eigenvalue weighted by Crippen LogP contribution is -2.15. The van der Waals surface area contributed by atoms with Crippen molar-refractivity contribution in [2.75, 3.05) is 6.61 Å². The molecule has 1 fully saturated rings. The summed E-state index contributed by atoms with van der Waals surface area (Å²) >= 11 is 7.88. The Balaban J connectivity index is 1.51. The fourth-order valence-electron chi connectivity index (χ4n) is 2.02. The number of aromatic nitrogens is 2. The minimum Gasteiger partial charge on any atom is -0.476 e. The molecule has 2 aromatic rings. The number of hydrogen-bond acceptors (Lipinski definition) is 5. The highest BCUT2D eigenvalue weighted by Gasteiger charge is 2.20. The van der Waals surface area contributed by atoms with Crippen LogP contribution in [0, 0.1) is 6.92 Å². The SMILES string of the molecule is Cc1ncsc1CCOc1ncc(CNC2CC2)cc1Cl. The van der Waals surface area contributed by atoms with Gasteiger partial charge in [0.25, 0.3) is 0 Å². The summed E-state index contributed by atoms with van der Waals surface area (Å²) in [6.45, 7) is 3.39. The van der Waals surface area contributed by atoms with Crippen molar-refractivity contribution in [2.24, 2.45) is 0 Å². The monoisotopic (exact) mass is 323 g/mol. The van der Waals surface area contributed by atoms with E-state index in [1.54, 1.807) is 11.3 Å². The van der Waals surface area contributed by atoms with Gasteiger partial charge >= 0.3 is 0 Å². The molecule has 1 saturated carbocycles. The fourth-order valence-corrected chi connectivity index (χ4v) is 3.03. The van der Waals surface area contributed by atoms with Gasteiger partial charge in [0.15, 0.2) is 0 Å². The summed E-state index contributed by atoms with van der Waals surface area (Å²) in [4.78, 5) is 9.78. The molecule has 0 unspecified atom stereocenters. The van der Waals surface area contributed by atoms with Crippen LogP contribution in [0.25, 0.3) is 0 Å². The second-order valence-electron chi connectivity index (χ2n) is 5.25. The molecule has 2 aromatic heterocycles. The molecule has 0 spiro atoms. The number of thiazole rings is 1. The number of ether oxygens (including phenoxy) is 1. The first-order valence-corrected chi connectivity index (χ1v) is 8.37. The zero-order valence-corrected chi connectivity index (χ0v) is 13.5. The van der Waals surface area contributed by atoms with E-state index in [1.165, 1.54) is 17.7 Å². The van der Waals surface area contributed by atoms with Crippen molar-refractivity contribution < 1.29 is 4.74 Å². The summed E-state index contributed by atoms with van der Waals surface area (Å²) < 4.78 is 5.67. The smallest absolute Gasteiger partial charge is 0.232 e. The van der Waals surface area contributed by atoms with Crippen molar-refractivity contribution in [2.45, 2.75) is 38.8 Å². The third-order valence-corrected chi connectivity index (χ3v) is 4.71. The van der Waals surface area contributed by atoms with Crippen molar-refractivity contribution >= 4 is 22.9 Å². The zero-order valence-electron chi connectivity index (χ0n) is 11.9. The van der Waals surface area contributed by atoms with E-state index in [0.717, 1.165) is 24.2 Å². The fraction of sp³-hybridized carbons (Fsp3) is 0.467. The standard InChI is InChI=1S/C15H18ClN3OS/c1-10-14(21-9-19-10)4-5-20-15-13(16)6-11(8-18-15)7-17-12-2-3-12/h6,8-9,12,17H,2-5,7H2,1H3. The molecule has 2 heterocycles. The van der Waals surface area contributed by atoms with E-state index in [0.29, 0.717) is 23.6 Å². The van der Waals surface area contributed by atoms with Crippen molar-refractivity contribution in [3.8, 4) is 5.88 Å². The van der Waals surface area contributed by atoms with Crippen molar-refractivity contribution in [3.63, 3.8) is 0 Å². The van der Waals surface area contributed by atoms with Crippen LogP contribution in [0.1, 0.15) is 29.0 Å². The second kappa shape index (κ2) is 6.73. The Morgan fingerprint density at radius 3 is 2.95 bits per heavy atom. The number of hydrogen-bond donors (Lipinski definition) is 1. The van der Waals surface area contributed by atoms with Gasteiger partial charge in [0, 0.05) is 30.1 Å². The topological polar surface area (TPSA) is 47.0 Å². The number of halogens is 1. The summed E-state index contributed by atoms with van der Waals surface area (Å²) in [5.41, 5.74) is 4.03. The molecule has 4 nitrogen and oxygen atoms in total. The van der Waals surface area contributed by atoms with Gasteiger partial charge in [0.2, 0.25) is 5.88 Å². The molecular formula is C15H18ClN3OS. The third kappa shape index (κ3) is 4.15. The molecule has 0 bridgehead atoms. The Kier molecular flexibility index (Phi) is 4.73. The first-order valence-electron chi connectivity index (χ1n) is 7.12. The Bertz CT molecular complexity index is 613. The van der Waals surface area contributed by atoms with Crippen LogP contribution < -0.4 is 10.1 Å². The number of rotatable bonds is 7. The highest BCUT2D eigenvalue weighted by atomic mass is 35.5. The summed E-state index contributed by atoms with van der Waals surface area (Å²) in [6, 6.07) is 2.61. The quantitative estimate of drug-likeness (QED) is 0.848. The number of pyridine rings is 1. The summed E-state index contributed by atoms with van der Waals surface area (Å²) in [7, 11) is 0. The minimum atomic E-state index is 0.508. The van der Waals surface area contributed by atoms with Crippen molar-refractivity contribution in [1.29, 1.82) is 0 Å². The van der Waals surface area contributed by atoms with Gasteiger partial charge in [-0.15, -0.1) is 11.3 Å². The molecule has 112 valence electrons. The minimum absolute atomic E-state index is 0.508. The average Bonchev–Trinajstić information content (AvgIpc) is 3.22. The highest BCUT2D eigenvalue weighted by molar-refractivity contribution is 7.09. The van der Waals surface area contributed by atoms with Crippen LogP contribution in [0.15, 0.2) is 17.8 Å². The summed E-state index contributed by atoms with van der Waals surface area (Å²) in [5.74, 6) is 0.508. The van der Waals surface area contributed by atoms with Crippen molar-refractivity contribution in [1.82, 2.24) is 15.3 Å². The van der Waals surface area contributed by atoms with Gasteiger partial charge in [-0.1, -0.05) is 11.6 Å². The van der Waals surface area contributed by atoms with E-state index in [1.807, 2.05) is 24.7 Å². The van der Waals surface area contributed by atoms with Crippen LogP contribution in [-0.2, 0) is 13.0 Å². The molecule has 6 heteroatoms. The number of nitrogens with zero attached hydrogens (tertiary/aromatic N) is 2. The first-order chi connectivity index (χ1) is 10.2. The van der Waals surface area contributed by atoms with Crippen LogP contribution in [0.4, 0.5) is 0 Å². The molecule has 0 radical (unpaired) electrons. The predicted octanol–water partition coefficient (Wildman–Crippen LogP) is 3.37. The van der Waals surface area contributed by atoms with Crippen LogP contribution in [-0.4, -0.2) is 22.6 Å². The van der Waals surface area contributed by atoms with Crippen LogP contribution in [0.2, 0.25) is 5.02 Å². The van der Waals surface area contributed by atoms with Gasteiger partial charge in [0.1, 0.15) is 5.02 Å². The Morgan fingerprint density at radius 1 is 1.43 bits per heavy atom. The van der Waals surface area contributed by atoms with Gasteiger partial charge in [-0.3, -0.25) is 0 Å². The van der Waals surface area contributed by atoms with Crippen molar-refractivity contribution in [3.05, 3.63) is 38.9 Å². The Hall–Kier alpha value is -1.17. The molecule has 0 saturated heterocycles. The average molecular weight is 324 g/mol. The molecule has 0 aliphatic heterocycles. The molecule has 1 aliphatic carbocycles. The lowest BCUT2D eigenvalue weighted by Gasteiger charge is -2.08. The van der Waals surface area contributed by atoms with Gasteiger partial charge in [-0.25, -0.2) is 9.97 Å². The lowest BCUT2D eigenvalue weighted by molar-refractivity contribution is 0.310. The van der Waals surface area contributed by atoms with Gasteiger partial charge < -0.3 is 10.1 Å². The molecular weight excluding hydrogens is 306 g/mol. The van der Waals surface area contributed by atoms with E-state index in [2.05, 4.69) is 15.3 Å². The van der Waals surface area contributed by atoms with Crippen LogP contribution in [0.5, 0.6) is 5.88 Å². The van der Waals surface area contributed by atoms with Gasteiger partial charge in [-0.2, -0.15) is 0 Å². The maximum atomic E-state index is 6.23. The van der Waals surface area contributed by atoms with E-state index < -0.39 is 0 Å². The highest BCUT2D eigenvalue weighted by Crippen LogP contribution is 2.24. The Morgan fingerprint density at radius 2 is 2.29 bits per heavy atom. The maximum Gasteiger partial charge on any atom is 0.232 e. The van der Waals surface area contributed by atoms with E-state index in [-0.39, 0.29) is 0 Å². The second-order valence-corrected chi connectivity index (χ2v) is 6.59. The molecule has 3 rings (SSSR count). The molecule has 1 aliphatic rings. The van der Waals surface area contributed by atoms with E-state index in [9.17, 15) is 0 Å². The Labute approximate surface area is 133 Å². The third-order valence-electron chi connectivity index (χ3n) is 3.45. The normalized spacial score (nSPS) is 14.4. The zero-order chi connectivity index (χ0) is 14.7. The molecule has 1 N–H and O–H groups in total. The van der Waals surface area contributed by atoms with Crippen LogP contribution >= 0.6 is 22.9 Å². The first kappa shape index (κ1) is 14.8. The van der Waals surface area contributed by atoms with Gasteiger partial charge in [-0.05, 0) is 31.4 Å². The molecule has 21 heavy (non-hydrogen) atoms. The van der Waals surface area contributed by atoms with E-state index in [4.69, 9.17) is 16.3 Å². The molecule has 0 amide bonds. The maximum absolute atomic E-state index is 6.23. The molecule has 0 aromatic carbocycles. The number of nitrogens with one attached hydrogen (secondary N) is 1.